The van der Waals surface area contributed by atoms with Gasteiger partial charge in [-0.1, -0.05) is 33.6 Å². The summed E-state index contributed by atoms with van der Waals surface area (Å²) in [5, 5.41) is 0.857. The summed E-state index contributed by atoms with van der Waals surface area (Å²) in [5.74, 6) is 0. The first-order valence-electron chi connectivity index (χ1n) is 6.60. The van der Waals surface area contributed by atoms with Crippen molar-refractivity contribution in [2.45, 2.75) is 50.5 Å². The first-order chi connectivity index (χ1) is 8.58. The molecule has 1 aromatic rings. The van der Waals surface area contributed by atoms with E-state index in [1.54, 1.807) is 0 Å². The maximum absolute atomic E-state index is 6.14. The third kappa shape index (κ3) is 3.49. The highest BCUT2D eigenvalue weighted by molar-refractivity contribution is 9.09. The van der Waals surface area contributed by atoms with E-state index in [2.05, 4.69) is 41.9 Å². The normalized spacial score (nSPS) is 21.2. The van der Waals surface area contributed by atoms with Crippen LogP contribution in [0.1, 0.15) is 47.2 Å². The molecule has 1 heterocycles. The Morgan fingerprint density at radius 3 is 2.83 bits per heavy atom. The number of benzene rings is 1. The average molecular weight is 332 g/mol. The van der Waals surface area contributed by atoms with Gasteiger partial charge in [0, 0.05) is 16.5 Å². The van der Waals surface area contributed by atoms with Gasteiger partial charge in [-0.15, -0.1) is 0 Å². The molecule has 3 heteroatoms. The van der Waals surface area contributed by atoms with Crippen molar-refractivity contribution < 1.29 is 4.74 Å². The van der Waals surface area contributed by atoms with Crippen LogP contribution in [0.5, 0.6) is 0 Å². The Hall–Kier alpha value is -0.0500. The largest absolute Gasteiger partial charge is 0.378 e. The summed E-state index contributed by atoms with van der Waals surface area (Å²) in [4.78, 5) is 0.401. The van der Waals surface area contributed by atoms with E-state index in [0.717, 1.165) is 30.0 Å². The molecule has 0 aromatic heterocycles. The van der Waals surface area contributed by atoms with Gasteiger partial charge in [0.25, 0.3) is 0 Å². The van der Waals surface area contributed by atoms with Crippen LogP contribution in [0.2, 0.25) is 5.02 Å². The summed E-state index contributed by atoms with van der Waals surface area (Å²) in [6.45, 7) is 5.13. The highest BCUT2D eigenvalue weighted by Crippen LogP contribution is 2.34. The number of alkyl halides is 1. The topological polar surface area (TPSA) is 9.23 Å². The highest BCUT2D eigenvalue weighted by atomic mass is 79.9. The minimum absolute atomic E-state index is 0.401. The van der Waals surface area contributed by atoms with Gasteiger partial charge in [0.15, 0.2) is 0 Å². The molecule has 0 spiro atoms. The van der Waals surface area contributed by atoms with Crippen LogP contribution < -0.4 is 0 Å². The van der Waals surface area contributed by atoms with Crippen molar-refractivity contribution >= 4 is 27.5 Å². The molecule has 0 aliphatic carbocycles. The predicted octanol–water partition coefficient (Wildman–Crippen LogP) is 5.35. The molecule has 0 radical (unpaired) electrons. The van der Waals surface area contributed by atoms with Crippen LogP contribution in [0.15, 0.2) is 12.1 Å². The van der Waals surface area contributed by atoms with Crippen LogP contribution in [-0.4, -0.2) is 12.7 Å². The van der Waals surface area contributed by atoms with Crippen LogP contribution in [0.3, 0.4) is 0 Å². The quantitative estimate of drug-likeness (QED) is 0.676. The molecule has 1 nitrogen and oxygen atoms in total. The van der Waals surface area contributed by atoms with Crippen molar-refractivity contribution in [3.05, 3.63) is 33.8 Å². The van der Waals surface area contributed by atoms with Crippen LogP contribution >= 0.6 is 27.5 Å². The lowest BCUT2D eigenvalue weighted by Crippen LogP contribution is -2.06. The Bertz CT molecular complexity index is 413. The summed E-state index contributed by atoms with van der Waals surface area (Å²) in [6, 6.07) is 4.26. The molecular weight excluding hydrogens is 312 g/mol. The minimum Gasteiger partial charge on any atom is -0.378 e. The lowest BCUT2D eigenvalue weighted by Gasteiger charge is -2.17. The van der Waals surface area contributed by atoms with E-state index in [9.17, 15) is 0 Å². The van der Waals surface area contributed by atoms with Gasteiger partial charge in [0.05, 0.1) is 6.10 Å². The lowest BCUT2D eigenvalue weighted by molar-refractivity contribution is 0.102. The van der Waals surface area contributed by atoms with Crippen LogP contribution in [0, 0.1) is 13.8 Å². The van der Waals surface area contributed by atoms with Crippen LogP contribution in [0.25, 0.3) is 0 Å². The average Bonchev–Trinajstić information content (AvgIpc) is 2.84. The Balaban J connectivity index is 1.99. The van der Waals surface area contributed by atoms with E-state index in [4.69, 9.17) is 16.3 Å². The van der Waals surface area contributed by atoms with Gasteiger partial charge >= 0.3 is 0 Å². The zero-order chi connectivity index (χ0) is 13.1. The van der Waals surface area contributed by atoms with E-state index < -0.39 is 0 Å². The fraction of sp³-hybridized carbons (Fsp3) is 0.600. The number of ether oxygens (including phenoxy) is 1. The molecule has 1 saturated heterocycles. The summed E-state index contributed by atoms with van der Waals surface area (Å²) >= 11 is 9.94. The van der Waals surface area contributed by atoms with E-state index in [1.165, 1.54) is 24.0 Å². The molecular formula is C15H20BrClO. The Morgan fingerprint density at radius 2 is 2.17 bits per heavy atom. The predicted molar refractivity (Wildman–Crippen MR) is 80.8 cm³/mol. The first-order valence-corrected chi connectivity index (χ1v) is 7.89. The highest BCUT2D eigenvalue weighted by Gasteiger charge is 2.18. The molecule has 1 aromatic carbocycles. The van der Waals surface area contributed by atoms with Gasteiger partial charge in [-0.3, -0.25) is 0 Å². The molecule has 100 valence electrons. The van der Waals surface area contributed by atoms with Gasteiger partial charge in [-0.05, 0) is 62.3 Å². The van der Waals surface area contributed by atoms with Crippen LogP contribution in [0.4, 0.5) is 0 Å². The van der Waals surface area contributed by atoms with Crippen molar-refractivity contribution in [3.63, 3.8) is 0 Å². The Labute approximate surface area is 123 Å². The number of aryl methyl sites for hydroxylation is 2. The molecule has 0 amide bonds. The van der Waals surface area contributed by atoms with E-state index in [0.29, 0.717) is 10.9 Å². The summed E-state index contributed by atoms with van der Waals surface area (Å²) in [6.07, 6.45) is 5.16. The van der Waals surface area contributed by atoms with Gasteiger partial charge in [-0.2, -0.15) is 0 Å². The van der Waals surface area contributed by atoms with E-state index in [1.807, 2.05) is 0 Å². The summed E-state index contributed by atoms with van der Waals surface area (Å²) in [5.41, 5.74) is 3.77. The van der Waals surface area contributed by atoms with Crippen molar-refractivity contribution in [1.82, 2.24) is 0 Å². The number of rotatable bonds is 4. The van der Waals surface area contributed by atoms with Crippen LogP contribution in [-0.2, 0) is 4.74 Å². The maximum atomic E-state index is 6.14. The second-order valence-electron chi connectivity index (χ2n) is 5.14. The SMILES string of the molecule is Cc1cc(C(Br)CCC2CCCO2)c(C)cc1Cl. The number of halogens is 2. The van der Waals surface area contributed by atoms with Gasteiger partial charge < -0.3 is 4.74 Å². The molecule has 1 fully saturated rings. The van der Waals surface area contributed by atoms with Gasteiger partial charge in [0.2, 0.25) is 0 Å². The second kappa shape index (κ2) is 6.40. The van der Waals surface area contributed by atoms with Crippen molar-refractivity contribution in [1.29, 1.82) is 0 Å². The Morgan fingerprint density at radius 1 is 1.39 bits per heavy atom. The molecule has 2 rings (SSSR count). The van der Waals surface area contributed by atoms with E-state index in [-0.39, 0.29) is 0 Å². The smallest absolute Gasteiger partial charge is 0.0576 e. The molecule has 18 heavy (non-hydrogen) atoms. The molecule has 1 aliphatic rings. The summed E-state index contributed by atoms with van der Waals surface area (Å²) in [7, 11) is 0. The fourth-order valence-corrected chi connectivity index (χ4v) is 3.48. The number of hydrogen-bond acceptors (Lipinski definition) is 1. The third-order valence-corrected chi connectivity index (χ3v) is 5.01. The molecule has 1 aliphatic heterocycles. The monoisotopic (exact) mass is 330 g/mol. The standard InChI is InChI=1S/C15H20BrClO/c1-10-9-15(17)11(2)8-13(10)14(16)6-5-12-4-3-7-18-12/h8-9,12,14H,3-7H2,1-2H3. The zero-order valence-corrected chi connectivity index (χ0v) is 13.4. The third-order valence-electron chi connectivity index (χ3n) is 3.65. The van der Waals surface area contributed by atoms with E-state index >= 15 is 0 Å². The molecule has 0 saturated carbocycles. The first kappa shape index (κ1) is 14.4. The lowest BCUT2D eigenvalue weighted by atomic mass is 9.99. The molecule has 0 bridgehead atoms. The number of hydrogen-bond donors (Lipinski definition) is 0. The molecule has 2 atom stereocenters. The van der Waals surface area contributed by atoms with Gasteiger partial charge in [-0.25, -0.2) is 0 Å². The maximum Gasteiger partial charge on any atom is 0.0576 e. The molecule has 2 unspecified atom stereocenters. The minimum atomic E-state index is 0.401. The van der Waals surface area contributed by atoms with Gasteiger partial charge in [0.1, 0.15) is 0 Å². The Kier molecular flexibility index (Phi) is 5.11. The molecule has 0 N–H and O–H groups in total. The second-order valence-corrected chi connectivity index (χ2v) is 6.65. The zero-order valence-electron chi connectivity index (χ0n) is 11.0. The van der Waals surface area contributed by atoms with Crippen molar-refractivity contribution in [3.8, 4) is 0 Å². The summed E-state index contributed by atoms with van der Waals surface area (Å²) < 4.78 is 5.67. The fourth-order valence-electron chi connectivity index (χ4n) is 2.50. The van der Waals surface area contributed by atoms with Crippen molar-refractivity contribution in [2.24, 2.45) is 0 Å². The van der Waals surface area contributed by atoms with Crippen molar-refractivity contribution in [2.75, 3.05) is 6.61 Å².